The Morgan fingerprint density at radius 1 is 1.08 bits per heavy atom. The van der Waals surface area contributed by atoms with Crippen molar-refractivity contribution in [3.63, 3.8) is 0 Å². The molecular weight excluding hydrogens is 350 g/mol. The van der Waals surface area contributed by atoms with Gasteiger partial charge in [0.1, 0.15) is 5.75 Å². The minimum Gasteiger partial charge on any atom is -0.435 e. The second kappa shape index (κ2) is 8.27. The van der Waals surface area contributed by atoms with E-state index in [0.29, 0.717) is 18.7 Å². The lowest BCUT2D eigenvalue weighted by Crippen LogP contribution is -2.32. The molecule has 2 aromatic carbocycles. The van der Waals surface area contributed by atoms with Crippen LogP contribution in [0.5, 0.6) is 5.75 Å². The number of alkyl halides is 2. The largest absolute Gasteiger partial charge is 0.435 e. The Labute approximate surface area is 151 Å². The predicted octanol–water partition coefficient (Wildman–Crippen LogP) is 3.28. The van der Waals surface area contributed by atoms with Crippen LogP contribution in [0.2, 0.25) is 0 Å². The third-order valence-corrected chi connectivity index (χ3v) is 4.21. The number of halogens is 3. The number of hydrogen-bond donors (Lipinski definition) is 1. The second-order valence-electron chi connectivity index (χ2n) is 5.79. The SMILES string of the molecule is Cl.N[C@@H]1CN(C(=O)c2ccc(OC(F)F)cc2)C[C@H]1c1ccccc1. The van der Waals surface area contributed by atoms with Gasteiger partial charge >= 0.3 is 6.61 Å². The van der Waals surface area contributed by atoms with Gasteiger partial charge in [0.05, 0.1) is 0 Å². The molecule has 0 spiro atoms. The summed E-state index contributed by atoms with van der Waals surface area (Å²) in [4.78, 5) is 14.3. The molecule has 2 aromatic rings. The Bertz CT molecular complexity index is 698. The Balaban J connectivity index is 0.00000225. The number of amides is 1. The molecule has 2 N–H and O–H groups in total. The Morgan fingerprint density at radius 2 is 1.72 bits per heavy atom. The molecule has 0 radical (unpaired) electrons. The van der Waals surface area contributed by atoms with Gasteiger partial charge in [-0.05, 0) is 29.8 Å². The van der Waals surface area contributed by atoms with Crippen LogP contribution in [0.25, 0.3) is 0 Å². The van der Waals surface area contributed by atoms with Gasteiger partial charge < -0.3 is 15.4 Å². The van der Waals surface area contributed by atoms with Gasteiger partial charge in [-0.25, -0.2) is 0 Å². The van der Waals surface area contributed by atoms with E-state index in [1.807, 2.05) is 30.3 Å². The summed E-state index contributed by atoms with van der Waals surface area (Å²) in [7, 11) is 0. The molecule has 1 amide bonds. The van der Waals surface area contributed by atoms with Crippen LogP contribution < -0.4 is 10.5 Å². The Morgan fingerprint density at radius 3 is 2.32 bits per heavy atom. The molecule has 1 aliphatic rings. The highest BCUT2D eigenvalue weighted by Gasteiger charge is 2.34. The molecule has 0 bridgehead atoms. The first kappa shape index (κ1) is 19.1. The van der Waals surface area contributed by atoms with Gasteiger partial charge in [-0.15, -0.1) is 12.4 Å². The zero-order chi connectivity index (χ0) is 17.1. The van der Waals surface area contributed by atoms with Crippen molar-refractivity contribution in [1.29, 1.82) is 0 Å². The lowest BCUT2D eigenvalue weighted by atomic mass is 9.95. The summed E-state index contributed by atoms with van der Waals surface area (Å²) in [5, 5.41) is 0. The summed E-state index contributed by atoms with van der Waals surface area (Å²) in [5.74, 6) is -0.0362. The van der Waals surface area contributed by atoms with Gasteiger partial charge in [0, 0.05) is 30.6 Å². The first-order chi connectivity index (χ1) is 11.5. The fourth-order valence-corrected chi connectivity index (χ4v) is 3.01. The molecule has 7 heteroatoms. The van der Waals surface area contributed by atoms with Gasteiger partial charge in [0.2, 0.25) is 0 Å². The van der Waals surface area contributed by atoms with Crippen molar-refractivity contribution in [2.75, 3.05) is 13.1 Å². The van der Waals surface area contributed by atoms with Crippen LogP contribution in [0.15, 0.2) is 54.6 Å². The fourth-order valence-electron chi connectivity index (χ4n) is 3.01. The van der Waals surface area contributed by atoms with E-state index in [0.717, 1.165) is 5.56 Å². The van der Waals surface area contributed by atoms with Crippen molar-refractivity contribution >= 4 is 18.3 Å². The summed E-state index contributed by atoms with van der Waals surface area (Å²) in [6, 6.07) is 15.4. The third-order valence-electron chi connectivity index (χ3n) is 4.21. The van der Waals surface area contributed by atoms with E-state index in [2.05, 4.69) is 4.74 Å². The number of nitrogens with two attached hydrogens (primary N) is 1. The average Bonchev–Trinajstić information content (AvgIpc) is 2.97. The molecule has 4 nitrogen and oxygen atoms in total. The first-order valence-electron chi connectivity index (χ1n) is 7.69. The summed E-state index contributed by atoms with van der Waals surface area (Å²) >= 11 is 0. The van der Waals surface area contributed by atoms with E-state index in [1.54, 1.807) is 4.90 Å². The lowest BCUT2D eigenvalue weighted by molar-refractivity contribution is -0.0498. The van der Waals surface area contributed by atoms with Gasteiger partial charge in [0.25, 0.3) is 5.91 Å². The highest BCUT2D eigenvalue weighted by molar-refractivity contribution is 5.94. The number of rotatable bonds is 4. The van der Waals surface area contributed by atoms with E-state index in [4.69, 9.17) is 5.73 Å². The molecule has 2 atom stereocenters. The molecule has 0 saturated carbocycles. The highest BCUT2D eigenvalue weighted by atomic mass is 35.5. The van der Waals surface area contributed by atoms with Crippen molar-refractivity contribution < 1.29 is 18.3 Å². The number of benzene rings is 2. The number of ether oxygens (including phenoxy) is 1. The van der Waals surface area contributed by atoms with E-state index < -0.39 is 6.61 Å². The van der Waals surface area contributed by atoms with E-state index in [9.17, 15) is 13.6 Å². The number of hydrogen-bond acceptors (Lipinski definition) is 3. The van der Waals surface area contributed by atoms with Crippen molar-refractivity contribution in [3.8, 4) is 5.75 Å². The molecule has 1 heterocycles. The highest BCUT2D eigenvalue weighted by Crippen LogP contribution is 2.27. The second-order valence-corrected chi connectivity index (χ2v) is 5.79. The maximum absolute atomic E-state index is 12.6. The number of nitrogens with zero attached hydrogens (tertiary/aromatic N) is 1. The van der Waals surface area contributed by atoms with Gasteiger partial charge in [-0.1, -0.05) is 30.3 Å². The lowest BCUT2D eigenvalue weighted by Gasteiger charge is -2.17. The number of likely N-dealkylation sites (tertiary alicyclic amines) is 1. The van der Waals surface area contributed by atoms with Crippen LogP contribution in [-0.2, 0) is 0 Å². The van der Waals surface area contributed by atoms with Crippen LogP contribution in [0.1, 0.15) is 21.8 Å². The molecule has 134 valence electrons. The zero-order valence-corrected chi connectivity index (χ0v) is 14.2. The van der Waals surface area contributed by atoms with Crippen LogP contribution in [0, 0.1) is 0 Å². The molecule has 0 aromatic heterocycles. The first-order valence-corrected chi connectivity index (χ1v) is 7.69. The summed E-state index contributed by atoms with van der Waals surface area (Å²) in [6.45, 7) is -1.87. The molecule has 25 heavy (non-hydrogen) atoms. The smallest absolute Gasteiger partial charge is 0.387 e. The fraction of sp³-hybridized carbons (Fsp3) is 0.278. The van der Waals surface area contributed by atoms with E-state index >= 15 is 0 Å². The quantitative estimate of drug-likeness (QED) is 0.901. The zero-order valence-electron chi connectivity index (χ0n) is 13.3. The topological polar surface area (TPSA) is 55.6 Å². The van der Waals surface area contributed by atoms with Crippen LogP contribution in [0.4, 0.5) is 8.78 Å². The Hall–Kier alpha value is -2.18. The average molecular weight is 369 g/mol. The monoisotopic (exact) mass is 368 g/mol. The molecule has 0 aliphatic carbocycles. The maximum atomic E-state index is 12.6. The van der Waals surface area contributed by atoms with Crippen molar-refractivity contribution in [2.45, 2.75) is 18.6 Å². The summed E-state index contributed by atoms with van der Waals surface area (Å²) < 4.78 is 28.6. The maximum Gasteiger partial charge on any atom is 0.387 e. The van der Waals surface area contributed by atoms with E-state index in [-0.39, 0.29) is 36.0 Å². The van der Waals surface area contributed by atoms with Crippen molar-refractivity contribution in [1.82, 2.24) is 4.90 Å². The molecular formula is C18H19ClF2N2O2. The molecule has 1 fully saturated rings. The van der Waals surface area contributed by atoms with E-state index in [1.165, 1.54) is 24.3 Å². The minimum atomic E-state index is -2.88. The summed E-state index contributed by atoms with van der Waals surface area (Å²) in [6.07, 6.45) is 0. The molecule has 1 saturated heterocycles. The van der Waals surface area contributed by atoms with Gasteiger partial charge in [0.15, 0.2) is 0 Å². The van der Waals surface area contributed by atoms with Crippen molar-refractivity contribution in [2.24, 2.45) is 5.73 Å². The van der Waals surface area contributed by atoms with Crippen LogP contribution in [-0.4, -0.2) is 36.5 Å². The molecule has 1 aliphatic heterocycles. The third kappa shape index (κ3) is 4.46. The molecule has 3 rings (SSSR count). The molecule has 0 unspecified atom stereocenters. The van der Waals surface area contributed by atoms with Crippen molar-refractivity contribution in [3.05, 3.63) is 65.7 Å². The van der Waals surface area contributed by atoms with Crippen LogP contribution >= 0.6 is 12.4 Å². The number of carbonyl (C=O) groups excluding carboxylic acids is 1. The number of carbonyl (C=O) groups is 1. The van der Waals surface area contributed by atoms with Gasteiger partial charge in [-0.3, -0.25) is 4.79 Å². The standard InChI is InChI=1S/C18H18F2N2O2.ClH/c19-18(20)24-14-8-6-13(7-9-14)17(23)22-10-15(16(21)11-22)12-4-2-1-3-5-12;/h1-9,15-16,18H,10-11,21H2;1H/t15-,16+;/m0./s1. The van der Waals surface area contributed by atoms with Crippen LogP contribution in [0.3, 0.4) is 0 Å². The Kier molecular flexibility index (Phi) is 6.33. The van der Waals surface area contributed by atoms with Gasteiger partial charge in [-0.2, -0.15) is 8.78 Å². The summed E-state index contributed by atoms with van der Waals surface area (Å²) in [5.41, 5.74) is 7.74. The predicted molar refractivity (Wildman–Crippen MR) is 93.4 cm³/mol. The normalized spacial score (nSPS) is 19.6. The minimum absolute atomic E-state index is 0.